The van der Waals surface area contributed by atoms with Crippen LogP contribution in [0.2, 0.25) is 0 Å². The molecule has 1 N–H and O–H groups in total. The fourth-order valence-electron chi connectivity index (χ4n) is 0.642. The van der Waals surface area contributed by atoms with Crippen molar-refractivity contribution in [2.45, 2.75) is 5.03 Å². The van der Waals surface area contributed by atoms with Gasteiger partial charge in [0.15, 0.2) is 5.03 Å². The van der Waals surface area contributed by atoms with E-state index in [2.05, 4.69) is 17.6 Å². The van der Waals surface area contributed by atoms with Gasteiger partial charge >= 0.3 is 0 Å². The first-order valence-corrected chi connectivity index (χ1v) is 6.42. The zero-order valence-corrected chi connectivity index (χ0v) is 8.86. The van der Waals surface area contributed by atoms with Crippen molar-refractivity contribution < 1.29 is 8.42 Å². The summed E-state index contributed by atoms with van der Waals surface area (Å²) in [5.74, 6) is 0. The van der Waals surface area contributed by atoms with Crippen molar-refractivity contribution >= 4 is 36.7 Å². The molecular formula is C6H6N2O2S3. The Morgan fingerprint density at radius 2 is 2.23 bits per heavy atom. The molecule has 0 amide bonds. The molecule has 0 saturated carbocycles. The Hall–Kier alpha value is -0.530. The minimum Gasteiger partial charge on any atom is -0.287 e. The quantitative estimate of drug-likeness (QED) is 0.351. The molecule has 0 aliphatic carbocycles. The molecule has 1 heterocycles. The van der Waals surface area contributed by atoms with Crippen LogP contribution in [0.25, 0.3) is 0 Å². The summed E-state index contributed by atoms with van der Waals surface area (Å²) in [6.07, 6.45) is 1.38. The summed E-state index contributed by atoms with van der Waals surface area (Å²) in [6.45, 7) is 0. The van der Waals surface area contributed by atoms with Crippen LogP contribution in [0, 0.1) is 5.41 Å². The van der Waals surface area contributed by atoms with E-state index >= 15 is 0 Å². The van der Waals surface area contributed by atoms with Crippen molar-refractivity contribution in [3.05, 3.63) is 24.4 Å². The van der Waals surface area contributed by atoms with Crippen molar-refractivity contribution in [2.75, 3.05) is 0 Å². The number of nitrogens with zero attached hydrogens (tertiary/aromatic N) is 1. The van der Waals surface area contributed by atoms with Gasteiger partial charge < -0.3 is 0 Å². The third-order valence-corrected chi connectivity index (χ3v) is 4.53. The van der Waals surface area contributed by atoms with Gasteiger partial charge in [-0.15, -0.1) is 12.6 Å². The van der Waals surface area contributed by atoms with E-state index in [0.717, 1.165) is 0 Å². The molecule has 0 atom stereocenters. The molecule has 0 spiro atoms. The van der Waals surface area contributed by atoms with E-state index in [1.54, 1.807) is 12.1 Å². The van der Waals surface area contributed by atoms with Crippen molar-refractivity contribution in [1.29, 1.82) is 5.41 Å². The second kappa shape index (κ2) is 4.12. The lowest BCUT2D eigenvalue weighted by Gasteiger charge is -1.98. The lowest BCUT2D eigenvalue weighted by molar-refractivity contribution is 0.607. The lowest BCUT2D eigenvalue weighted by atomic mass is 10.5. The van der Waals surface area contributed by atoms with Gasteiger partial charge in [-0.3, -0.25) is 5.41 Å². The molecule has 1 rings (SSSR count). The minimum absolute atomic E-state index is 0.0567. The molecule has 70 valence electrons. The molecule has 0 bridgehead atoms. The predicted molar refractivity (Wildman–Crippen MR) is 55.7 cm³/mol. The van der Waals surface area contributed by atoms with E-state index < -0.39 is 8.87 Å². The van der Waals surface area contributed by atoms with Crippen LogP contribution >= 0.6 is 23.4 Å². The summed E-state index contributed by atoms with van der Waals surface area (Å²) in [4.78, 5) is 3.66. The van der Waals surface area contributed by atoms with Gasteiger partial charge in [0, 0.05) is 17.0 Å². The van der Waals surface area contributed by atoms with Crippen LogP contribution in [-0.4, -0.2) is 17.8 Å². The maximum Gasteiger partial charge on any atom is 0.253 e. The zero-order valence-electron chi connectivity index (χ0n) is 6.34. The van der Waals surface area contributed by atoms with E-state index in [-0.39, 0.29) is 9.40 Å². The smallest absolute Gasteiger partial charge is 0.253 e. The molecule has 1 aromatic heterocycles. The van der Waals surface area contributed by atoms with E-state index in [1.165, 1.54) is 12.3 Å². The lowest BCUT2D eigenvalue weighted by Crippen LogP contribution is -1.99. The van der Waals surface area contributed by atoms with Gasteiger partial charge in [-0.2, -0.15) is 0 Å². The average molecular weight is 234 g/mol. The highest BCUT2D eigenvalue weighted by Gasteiger charge is 2.17. The monoisotopic (exact) mass is 234 g/mol. The van der Waals surface area contributed by atoms with Gasteiger partial charge in [0.25, 0.3) is 8.87 Å². The SMILES string of the molecule is N=C(S)SS(=O)(=O)c1ccccn1. The number of hydrogen-bond acceptors (Lipinski definition) is 5. The van der Waals surface area contributed by atoms with E-state index in [1.807, 2.05) is 0 Å². The van der Waals surface area contributed by atoms with Crippen LogP contribution < -0.4 is 0 Å². The topological polar surface area (TPSA) is 70.9 Å². The Kier molecular flexibility index (Phi) is 3.34. The molecule has 0 radical (unpaired) electrons. The van der Waals surface area contributed by atoms with Crippen molar-refractivity contribution in [3.8, 4) is 0 Å². The third kappa shape index (κ3) is 3.02. The van der Waals surface area contributed by atoms with Crippen LogP contribution in [0.4, 0.5) is 0 Å². The molecule has 0 aliphatic rings. The fraction of sp³-hybridized carbons (Fsp3) is 0. The van der Waals surface area contributed by atoms with Crippen LogP contribution in [0.1, 0.15) is 0 Å². The number of pyridine rings is 1. The maximum absolute atomic E-state index is 11.4. The number of rotatable bonds is 2. The Balaban J connectivity index is 3.02. The first-order valence-electron chi connectivity index (χ1n) is 3.15. The average Bonchev–Trinajstić information content (AvgIpc) is 2.04. The van der Waals surface area contributed by atoms with Crippen molar-refractivity contribution in [1.82, 2.24) is 4.98 Å². The third-order valence-electron chi connectivity index (χ3n) is 1.08. The zero-order chi connectivity index (χ0) is 9.90. The molecule has 0 aromatic carbocycles. The number of nitrogens with one attached hydrogen (secondary N) is 1. The summed E-state index contributed by atoms with van der Waals surface area (Å²) in [5, 5.41) is 6.86. The van der Waals surface area contributed by atoms with Gasteiger partial charge in [0.1, 0.15) is 4.38 Å². The summed E-state index contributed by atoms with van der Waals surface area (Å²) in [6, 6.07) is 4.57. The van der Waals surface area contributed by atoms with Crippen molar-refractivity contribution in [3.63, 3.8) is 0 Å². The predicted octanol–water partition coefficient (Wildman–Crippen LogP) is 1.37. The summed E-state index contributed by atoms with van der Waals surface area (Å²) in [7, 11) is -3.19. The standard InChI is InChI=1S/C6H6N2O2S3/c7-6(11)12-13(9,10)5-3-1-2-4-8-5/h1-4H,(H2,7,11). The Morgan fingerprint density at radius 1 is 1.54 bits per heavy atom. The Labute approximate surface area is 85.0 Å². The van der Waals surface area contributed by atoms with Gasteiger partial charge in [-0.25, -0.2) is 13.4 Å². The van der Waals surface area contributed by atoms with Gasteiger partial charge in [0.05, 0.1) is 0 Å². The fourth-order valence-corrected chi connectivity index (χ4v) is 3.43. The molecular weight excluding hydrogens is 228 g/mol. The molecule has 4 nitrogen and oxygen atoms in total. The number of aromatic nitrogens is 1. The second-order valence-electron chi connectivity index (χ2n) is 2.01. The second-order valence-corrected chi connectivity index (χ2v) is 6.48. The summed E-state index contributed by atoms with van der Waals surface area (Å²) < 4.78 is 22.4. The van der Waals surface area contributed by atoms with E-state index in [0.29, 0.717) is 10.8 Å². The normalized spacial score (nSPS) is 11.2. The highest BCUT2D eigenvalue weighted by atomic mass is 33.1. The number of hydrogen-bond donors (Lipinski definition) is 2. The van der Waals surface area contributed by atoms with E-state index in [4.69, 9.17) is 5.41 Å². The molecule has 0 saturated heterocycles. The van der Waals surface area contributed by atoms with Crippen LogP contribution in [-0.2, 0) is 8.87 Å². The van der Waals surface area contributed by atoms with Crippen LogP contribution in [0.5, 0.6) is 0 Å². The largest absolute Gasteiger partial charge is 0.287 e. The highest BCUT2D eigenvalue weighted by molar-refractivity contribution is 8.81. The highest BCUT2D eigenvalue weighted by Crippen LogP contribution is 2.22. The summed E-state index contributed by atoms with van der Waals surface area (Å²) >= 11 is 3.58. The molecule has 0 unspecified atom stereocenters. The first-order chi connectivity index (χ1) is 6.02. The summed E-state index contributed by atoms with van der Waals surface area (Å²) in [5.41, 5.74) is 0. The number of thiol groups is 1. The molecule has 0 fully saturated rings. The maximum atomic E-state index is 11.4. The van der Waals surface area contributed by atoms with Gasteiger partial charge in [0.2, 0.25) is 0 Å². The Bertz CT molecular complexity index is 401. The molecule has 1 aromatic rings. The van der Waals surface area contributed by atoms with Crippen molar-refractivity contribution in [2.24, 2.45) is 0 Å². The Morgan fingerprint density at radius 3 is 2.69 bits per heavy atom. The van der Waals surface area contributed by atoms with Crippen LogP contribution in [0.3, 0.4) is 0 Å². The molecule has 13 heavy (non-hydrogen) atoms. The molecule has 0 aliphatic heterocycles. The molecule has 7 heteroatoms. The van der Waals surface area contributed by atoms with Gasteiger partial charge in [-0.05, 0) is 12.1 Å². The van der Waals surface area contributed by atoms with E-state index in [9.17, 15) is 8.42 Å². The van der Waals surface area contributed by atoms with Gasteiger partial charge in [-0.1, -0.05) is 6.07 Å². The van der Waals surface area contributed by atoms with Crippen LogP contribution in [0.15, 0.2) is 29.4 Å². The first kappa shape index (κ1) is 10.6. The minimum atomic E-state index is -3.55.